The highest BCUT2D eigenvalue weighted by Gasteiger charge is 2.27. The summed E-state index contributed by atoms with van der Waals surface area (Å²) in [6.07, 6.45) is 4.63. The predicted octanol–water partition coefficient (Wildman–Crippen LogP) is 2.75. The lowest BCUT2D eigenvalue weighted by Gasteiger charge is -1.99. The molecular formula is C10H17ClN2O. The molecule has 0 bridgehead atoms. The van der Waals surface area contributed by atoms with Gasteiger partial charge in [-0.05, 0) is 32.6 Å². The normalized spacial score (nSPS) is 18.0. The minimum absolute atomic E-state index is 0. The Hall–Kier alpha value is -0.750. The van der Waals surface area contributed by atoms with Gasteiger partial charge in [0.15, 0.2) is 5.90 Å². The van der Waals surface area contributed by atoms with Crippen LogP contribution >= 0.6 is 12.4 Å². The van der Waals surface area contributed by atoms with Gasteiger partial charge in [0.2, 0.25) is 0 Å². The Morgan fingerprint density at radius 1 is 1.43 bits per heavy atom. The van der Waals surface area contributed by atoms with Crippen molar-refractivity contribution in [2.75, 3.05) is 6.61 Å². The molecule has 0 aromatic rings. The molecule has 0 heterocycles. The van der Waals surface area contributed by atoms with E-state index in [0.29, 0.717) is 24.3 Å². The van der Waals surface area contributed by atoms with Crippen LogP contribution in [0.4, 0.5) is 0 Å². The smallest absolute Gasteiger partial charge is 0.183 e. The Balaban J connectivity index is 0.000000246. The highest BCUT2D eigenvalue weighted by molar-refractivity contribution is 5.85. The zero-order valence-corrected chi connectivity index (χ0v) is 9.27. The van der Waals surface area contributed by atoms with Gasteiger partial charge < -0.3 is 4.74 Å². The average molecular weight is 217 g/mol. The first-order valence-electron chi connectivity index (χ1n) is 4.88. The van der Waals surface area contributed by atoms with Gasteiger partial charge in [0.05, 0.1) is 12.7 Å². The number of nitrogens with zero attached hydrogens (tertiary/aromatic N) is 1. The van der Waals surface area contributed by atoms with Crippen LogP contribution in [0.25, 0.3) is 0 Å². The summed E-state index contributed by atoms with van der Waals surface area (Å²) in [5.41, 5.74) is 0. The topological polar surface area (TPSA) is 56.9 Å². The van der Waals surface area contributed by atoms with E-state index in [1.54, 1.807) is 0 Å². The predicted molar refractivity (Wildman–Crippen MR) is 57.7 cm³/mol. The Morgan fingerprint density at radius 2 is 2.00 bits per heavy atom. The van der Waals surface area contributed by atoms with E-state index < -0.39 is 0 Å². The maximum atomic E-state index is 7.96. The average Bonchev–Trinajstić information content (AvgIpc) is 3.00. The molecule has 2 fully saturated rings. The van der Waals surface area contributed by atoms with E-state index in [4.69, 9.17) is 15.4 Å². The summed E-state index contributed by atoms with van der Waals surface area (Å²) in [4.78, 5) is 0. The number of hydrogen-bond donors (Lipinski definition) is 1. The standard InChI is InChI=1S/C6H11NO.C4H5N.ClH/c1-2-8-6(7)5-3-4-5;5-3-4-1-2-4;/h5,7H,2-4H2,1H3;4H,1-2H2;1H. The van der Waals surface area contributed by atoms with E-state index in [0.717, 1.165) is 12.8 Å². The molecule has 2 aliphatic carbocycles. The summed E-state index contributed by atoms with van der Waals surface area (Å²) in [6.45, 7) is 2.56. The molecule has 0 atom stereocenters. The van der Waals surface area contributed by atoms with Gasteiger partial charge in [0.1, 0.15) is 0 Å². The molecule has 0 amide bonds. The van der Waals surface area contributed by atoms with Crippen LogP contribution in [-0.2, 0) is 4.74 Å². The van der Waals surface area contributed by atoms with Crippen molar-refractivity contribution in [1.82, 2.24) is 0 Å². The molecule has 0 unspecified atom stereocenters. The first-order chi connectivity index (χ1) is 6.27. The SMILES string of the molecule is CCOC(=N)C1CC1.Cl.N#CC1CC1. The molecular weight excluding hydrogens is 200 g/mol. The van der Waals surface area contributed by atoms with Crippen molar-refractivity contribution < 1.29 is 4.74 Å². The third-order valence-electron chi connectivity index (χ3n) is 2.01. The third-order valence-corrected chi connectivity index (χ3v) is 2.01. The van der Waals surface area contributed by atoms with E-state index in [2.05, 4.69) is 6.07 Å². The van der Waals surface area contributed by atoms with Crippen molar-refractivity contribution in [1.29, 1.82) is 10.7 Å². The van der Waals surface area contributed by atoms with Gasteiger partial charge >= 0.3 is 0 Å². The summed E-state index contributed by atoms with van der Waals surface area (Å²) >= 11 is 0. The van der Waals surface area contributed by atoms with Gasteiger partial charge in [-0.1, -0.05) is 0 Å². The van der Waals surface area contributed by atoms with Crippen LogP contribution < -0.4 is 0 Å². The maximum absolute atomic E-state index is 7.96. The maximum Gasteiger partial charge on any atom is 0.183 e. The van der Waals surface area contributed by atoms with Gasteiger partial charge in [-0.25, -0.2) is 0 Å². The molecule has 1 N–H and O–H groups in total. The van der Waals surface area contributed by atoms with E-state index in [-0.39, 0.29) is 12.4 Å². The van der Waals surface area contributed by atoms with Crippen LogP contribution in [0.15, 0.2) is 0 Å². The number of ether oxygens (including phenoxy) is 1. The van der Waals surface area contributed by atoms with E-state index >= 15 is 0 Å². The van der Waals surface area contributed by atoms with Crippen LogP contribution in [0.3, 0.4) is 0 Å². The quantitative estimate of drug-likeness (QED) is 0.570. The number of halogens is 1. The lowest BCUT2D eigenvalue weighted by molar-refractivity contribution is 0.311. The summed E-state index contributed by atoms with van der Waals surface area (Å²) in [5.74, 6) is 1.41. The van der Waals surface area contributed by atoms with Crippen molar-refractivity contribution >= 4 is 18.3 Å². The third kappa shape index (κ3) is 5.82. The van der Waals surface area contributed by atoms with Gasteiger partial charge in [-0.3, -0.25) is 5.41 Å². The Kier molecular flexibility index (Phi) is 6.31. The van der Waals surface area contributed by atoms with Gasteiger partial charge in [-0.2, -0.15) is 5.26 Å². The minimum Gasteiger partial charge on any atom is -0.481 e. The fourth-order valence-corrected chi connectivity index (χ4v) is 0.831. The fourth-order valence-electron chi connectivity index (χ4n) is 0.831. The Morgan fingerprint density at radius 3 is 2.21 bits per heavy atom. The minimum atomic E-state index is 0. The second-order valence-corrected chi connectivity index (χ2v) is 3.47. The first-order valence-corrected chi connectivity index (χ1v) is 4.88. The lowest BCUT2D eigenvalue weighted by Crippen LogP contribution is -2.03. The lowest BCUT2D eigenvalue weighted by atomic mass is 10.4. The number of nitrogens with one attached hydrogen (secondary N) is 1. The number of nitriles is 1. The van der Waals surface area contributed by atoms with Crippen LogP contribution in [-0.4, -0.2) is 12.5 Å². The molecule has 3 nitrogen and oxygen atoms in total. The van der Waals surface area contributed by atoms with Gasteiger partial charge in [0.25, 0.3) is 0 Å². The number of rotatable bonds is 2. The second-order valence-electron chi connectivity index (χ2n) is 3.47. The fraction of sp³-hybridized carbons (Fsp3) is 0.800. The molecule has 80 valence electrons. The molecule has 2 aliphatic rings. The zero-order valence-electron chi connectivity index (χ0n) is 8.45. The molecule has 0 aliphatic heterocycles. The molecule has 0 aromatic carbocycles. The largest absolute Gasteiger partial charge is 0.481 e. The van der Waals surface area contributed by atoms with Gasteiger partial charge in [-0.15, -0.1) is 12.4 Å². The summed E-state index contributed by atoms with van der Waals surface area (Å²) < 4.78 is 4.95. The Bertz CT molecular complexity index is 217. The molecule has 0 saturated heterocycles. The molecule has 4 heteroatoms. The highest BCUT2D eigenvalue weighted by atomic mass is 35.5. The van der Waals surface area contributed by atoms with E-state index in [9.17, 15) is 0 Å². The molecule has 0 radical (unpaired) electrons. The van der Waals surface area contributed by atoms with Crippen LogP contribution in [0.5, 0.6) is 0 Å². The van der Waals surface area contributed by atoms with Crippen molar-refractivity contribution in [2.24, 2.45) is 11.8 Å². The first kappa shape index (κ1) is 13.2. The van der Waals surface area contributed by atoms with Crippen LogP contribution in [0.2, 0.25) is 0 Å². The van der Waals surface area contributed by atoms with Crippen molar-refractivity contribution in [2.45, 2.75) is 32.6 Å². The van der Waals surface area contributed by atoms with Crippen molar-refractivity contribution in [3.63, 3.8) is 0 Å². The summed E-state index contributed by atoms with van der Waals surface area (Å²) in [5, 5.41) is 15.1. The summed E-state index contributed by atoms with van der Waals surface area (Å²) in [7, 11) is 0. The van der Waals surface area contributed by atoms with E-state index in [1.165, 1.54) is 12.8 Å². The molecule has 2 rings (SSSR count). The molecule has 2 saturated carbocycles. The molecule has 14 heavy (non-hydrogen) atoms. The van der Waals surface area contributed by atoms with Crippen molar-refractivity contribution in [3.05, 3.63) is 0 Å². The van der Waals surface area contributed by atoms with Gasteiger partial charge in [0, 0.05) is 11.8 Å². The zero-order chi connectivity index (χ0) is 9.68. The van der Waals surface area contributed by atoms with Crippen LogP contribution in [0, 0.1) is 28.6 Å². The highest BCUT2D eigenvalue weighted by Crippen LogP contribution is 2.30. The second kappa shape index (κ2) is 6.67. The Labute approximate surface area is 91.4 Å². The summed E-state index contributed by atoms with van der Waals surface area (Å²) in [6, 6.07) is 2.14. The molecule has 0 aromatic heterocycles. The van der Waals surface area contributed by atoms with Crippen molar-refractivity contribution in [3.8, 4) is 6.07 Å². The van der Waals surface area contributed by atoms with Crippen LogP contribution in [0.1, 0.15) is 32.6 Å². The monoisotopic (exact) mass is 216 g/mol. The number of hydrogen-bond acceptors (Lipinski definition) is 3. The van der Waals surface area contributed by atoms with E-state index in [1.807, 2.05) is 6.92 Å². The molecule has 0 spiro atoms.